The second kappa shape index (κ2) is 7.44. The van der Waals surface area contributed by atoms with Crippen molar-refractivity contribution in [2.75, 3.05) is 33.3 Å². The Kier molecular flexibility index (Phi) is 5.56. The molecule has 0 saturated carbocycles. The van der Waals surface area contributed by atoms with E-state index in [1.165, 1.54) is 38.4 Å². The lowest BCUT2D eigenvalue weighted by molar-refractivity contribution is 0.0991. The predicted molar refractivity (Wildman–Crippen MR) is 94.6 cm³/mol. The zero-order valence-corrected chi connectivity index (χ0v) is 15.4. The van der Waals surface area contributed by atoms with Gasteiger partial charge in [0.2, 0.25) is 5.75 Å². The monoisotopic (exact) mass is 395 g/mol. The zero-order chi connectivity index (χ0) is 17.9. The molecule has 0 bridgehead atoms. The average molecular weight is 396 g/mol. The van der Waals surface area contributed by atoms with Gasteiger partial charge in [-0.1, -0.05) is 0 Å². The molecule has 0 fully saturated rings. The van der Waals surface area contributed by atoms with Gasteiger partial charge >= 0.3 is 0 Å². The lowest BCUT2D eigenvalue weighted by Gasteiger charge is -2.21. The normalized spacial score (nSPS) is 10.2. The fourth-order valence-corrected chi connectivity index (χ4v) is 2.88. The molecule has 24 heavy (non-hydrogen) atoms. The summed E-state index contributed by atoms with van der Waals surface area (Å²) in [6, 6.07) is 7.93. The van der Waals surface area contributed by atoms with Crippen molar-refractivity contribution >= 4 is 27.5 Å². The van der Waals surface area contributed by atoms with E-state index in [2.05, 4.69) is 15.9 Å². The molecule has 0 atom stereocenters. The summed E-state index contributed by atoms with van der Waals surface area (Å²) in [6.45, 7) is 0. The van der Waals surface area contributed by atoms with Gasteiger partial charge in [0, 0.05) is 12.7 Å². The number of nitrogens with zero attached hydrogens (tertiary/aromatic N) is 1. The highest BCUT2D eigenvalue weighted by molar-refractivity contribution is 9.10. The number of anilines is 1. The van der Waals surface area contributed by atoms with Crippen LogP contribution in [0.2, 0.25) is 0 Å². The van der Waals surface area contributed by atoms with Crippen LogP contribution in [0.15, 0.2) is 34.8 Å². The van der Waals surface area contributed by atoms with E-state index >= 15 is 0 Å². The van der Waals surface area contributed by atoms with E-state index in [1.54, 1.807) is 25.2 Å². The maximum absolute atomic E-state index is 12.9. The number of methoxy groups -OCH3 is 3. The van der Waals surface area contributed by atoms with E-state index < -0.39 is 0 Å². The molecule has 1 N–H and O–H groups in total. The Morgan fingerprint density at radius 2 is 1.62 bits per heavy atom. The highest BCUT2D eigenvalue weighted by atomic mass is 79.9. The van der Waals surface area contributed by atoms with E-state index in [4.69, 9.17) is 14.2 Å². The maximum atomic E-state index is 12.9. The summed E-state index contributed by atoms with van der Waals surface area (Å²) >= 11 is 3.40. The predicted octanol–water partition coefficient (Wildman–Crippen LogP) is 3.46. The molecule has 128 valence electrons. The van der Waals surface area contributed by atoms with E-state index in [0.29, 0.717) is 33.0 Å². The third-order valence-corrected chi connectivity index (χ3v) is 4.33. The van der Waals surface area contributed by atoms with Gasteiger partial charge in [-0.25, -0.2) is 0 Å². The van der Waals surface area contributed by atoms with Crippen molar-refractivity contribution in [2.45, 2.75) is 0 Å². The molecule has 0 saturated heterocycles. The first kappa shape index (κ1) is 17.9. The molecule has 2 aromatic rings. The van der Waals surface area contributed by atoms with E-state index in [-0.39, 0.29) is 11.7 Å². The number of carbonyl (C=O) groups is 1. The Morgan fingerprint density at radius 3 is 2.12 bits per heavy atom. The van der Waals surface area contributed by atoms with Crippen LogP contribution in [-0.2, 0) is 0 Å². The number of benzene rings is 2. The second-order valence-electron chi connectivity index (χ2n) is 4.89. The third-order valence-electron chi connectivity index (χ3n) is 3.54. The minimum Gasteiger partial charge on any atom is -0.508 e. The average Bonchev–Trinajstić information content (AvgIpc) is 2.60. The summed E-state index contributed by atoms with van der Waals surface area (Å²) in [5.41, 5.74) is 0.999. The summed E-state index contributed by atoms with van der Waals surface area (Å²) < 4.78 is 16.4. The van der Waals surface area contributed by atoms with Crippen LogP contribution < -0.4 is 19.1 Å². The highest BCUT2D eigenvalue weighted by Crippen LogP contribution is 2.45. The van der Waals surface area contributed by atoms with Gasteiger partial charge in [0.05, 0.1) is 31.4 Å². The lowest BCUT2D eigenvalue weighted by atomic mass is 10.1. The molecule has 0 spiro atoms. The number of phenols is 1. The second-order valence-corrected chi connectivity index (χ2v) is 5.68. The molecule has 2 rings (SSSR count). The molecule has 0 aliphatic carbocycles. The van der Waals surface area contributed by atoms with Crippen molar-refractivity contribution in [3.05, 3.63) is 40.4 Å². The fraction of sp³-hybridized carbons (Fsp3) is 0.235. The molecule has 0 aliphatic rings. The molecule has 7 heteroatoms. The van der Waals surface area contributed by atoms with Crippen molar-refractivity contribution in [2.24, 2.45) is 0 Å². The minimum atomic E-state index is -0.271. The molecule has 0 aromatic heterocycles. The number of rotatable bonds is 5. The Hall–Kier alpha value is -2.41. The van der Waals surface area contributed by atoms with Gasteiger partial charge < -0.3 is 24.2 Å². The van der Waals surface area contributed by atoms with E-state index in [9.17, 15) is 9.90 Å². The Labute approximate surface area is 148 Å². The molecule has 2 aromatic carbocycles. The van der Waals surface area contributed by atoms with E-state index in [1.807, 2.05) is 0 Å². The zero-order valence-electron chi connectivity index (χ0n) is 13.8. The van der Waals surface area contributed by atoms with Gasteiger partial charge in [-0.3, -0.25) is 4.79 Å². The summed E-state index contributed by atoms with van der Waals surface area (Å²) in [6.07, 6.45) is 0. The first-order valence-electron chi connectivity index (χ1n) is 7.00. The molecular formula is C17H18BrNO5. The lowest BCUT2D eigenvalue weighted by Crippen LogP contribution is -2.26. The van der Waals surface area contributed by atoms with Crippen molar-refractivity contribution in [3.63, 3.8) is 0 Å². The Bertz CT molecular complexity index is 746. The molecule has 0 radical (unpaired) electrons. The van der Waals surface area contributed by atoms with Crippen molar-refractivity contribution in [1.29, 1.82) is 0 Å². The number of phenolic OH excluding ortho intramolecular Hbond substituents is 1. The van der Waals surface area contributed by atoms with Crippen molar-refractivity contribution < 1.29 is 24.1 Å². The van der Waals surface area contributed by atoms with Gasteiger partial charge in [0.1, 0.15) is 5.75 Å². The number of hydrogen-bond acceptors (Lipinski definition) is 5. The molecular weight excluding hydrogens is 378 g/mol. The van der Waals surface area contributed by atoms with Gasteiger partial charge in [-0.05, 0) is 46.3 Å². The number of aromatic hydroxyl groups is 1. The largest absolute Gasteiger partial charge is 0.508 e. The van der Waals surface area contributed by atoms with Crippen LogP contribution in [0.3, 0.4) is 0 Å². The van der Waals surface area contributed by atoms with Crippen LogP contribution in [0.5, 0.6) is 23.0 Å². The molecule has 6 nitrogen and oxygen atoms in total. The maximum Gasteiger partial charge on any atom is 0.259 e. The van der Waals surface area contributed by atoms with Gasteiger partial charge in [-0.15, -0.1) is 0 Å². The smallest absolute Gasteiger partial charge is 0.259 e. The fourth-order valence-electron chi connectivity index (χ4n) is 2.25. The molecule has 0 aliphatic heterocycles. The van der Waals surface area contributed by atoms with E-state index in [0.717, 1.165) is 0 Å². The molecule has 0 heterocycles. The van der Waals surface area contributed by atoms with Crippen LogP contribution in [0.25, 0.3) is 0 Å². The van der Waals surface area contributed by atoms with Crippen LogP contribution in [0.4, 0.5) is 5.69 Å². The van der Waals surface area contributed by atoms with Crippen LogP contribution >= 0.6 is 15.9 Å². The summed E-state index contributed by atoms with van der Waals surface area (Å²) in [4.78, 5) is 14.3. The van der Waals surface area contributed by atoms with Crippen LogP contribution in [-0.4, -0.2) is 39.4 Å². The summed E-state index contributed by atoms with van der Waals surface area (Å²) in [7, 11) is 6.12. The number of ether oxygens (including phenoxy) is 3. The third kappa shape index (κ3) is 3.26. The van der Waals surface area contributed by atoms with Crippen molar-refractivity contribution in [1.82, 2.24) is 0 Å². The number of halogens is 1. The molecule has 1 amide bonds. The number of amides is 1. The Balaban J connectivity index is 2.50. The summed E-state index contributed by atoms with van der Waals surface area (Å²) in [5.74, 6) is 1.02. The quantitative estimate of drug-likeness (QED) is 0.839. The van der Waals surface area contributed by atoms with Gasteiger partial charge in [0.15, 0.2) is 11.5 Å². The van der Waals surface area contributed by atoms with Crippen LogP contribution in [0, 0.1) is 0 Å². The Morgan fingerprint density at radius 1 is 1.04 bits per heavy atom. The van der Waals surface area contributed by atoms with Crippen LogP contribution in [0.1, 0.15) is 10.4 Å². The van der Waals surface area contributed by atoms with Gasteiger partial charge in [-0.2, -0.15) is 0 Å². The SMILES string of the molecule is COc1cc(C(=O)N(C)c2ccc(O)cc2)c(Br)c(OC)c1OC. The standard InChI is InChI=1S/C17H18BrNO5/c1-19(10-5-7-11(20)8-6-10)17(21)12-9-13(22-2)15(23-3)16(24-4)14(12)18/h5-9,20H,1-4H3. The summed E-state index contributed by atoms with van der Waals surface area (Å²) in [5, 5.41) is 9.37. The number of hydrogen-bond donors (Lipinski definition) is 1. The van der Waals surface area contributed by atoms with Crippen molar-refractivity contribution in [3.8, 4) is 23.0 Å². The minimum absolute atomic E-state index is 0.133. The highest BCUT2D eigenvalue weighted by Gasteiger charge is 2.25. The first-order valence-corrected chi connectivity index (χ1v) is 7.79. The topological polar surface area (TPSA) is 68.2 Å². The number of carbonyl (C=O) groups excluding carboxylic acids is 1. The van der Waals surface area contributed by atoms with Gasteiger partial charge in [0.25, 0.3) is 5.91 Å². The molecule has 0 unspecified atom stereocenters. The first-order chi connectivity index (χ1) is 11.4.